The molecule has 0 saturated carbocycles. The van der Waals surface area contributed by atoms with Crippen LogP contribution in [0.1, 0.15) is 30.1 Å². The number of ketones is 1. The summed E-state index contributed by atoms with van der Waals surface area (Å²) in [5, 5.41) is 2.31. The monoisotopic (exact) mass is 349 g/mol. The number of hydrogen-bond donors (Lipinski definition) is 0. The predicted molar refractivity (Wildman–Crippen MR) is 104 cm³/mol. The summed E-state index contributed by atoms with van der Waals surface area (Å²) in [6.07, 6.45) is 1.43. The minimum atomic E-state index is -0.252. The second-order valence-electron chi connectivity index (χ2n) is 6.14. The van der Waals surface area contributed by atoms with Crippen LogP contribution in [0.25, 0.3) is 25.1 Å². The van der Waals surface area contributed by atoms with E-state index in [0.29, 0.717) is 6.42 Å². The van der Waals surface area contributed by atoms with E-state index in [0.717, 1.165) is 22.3 Å². The molecule has 0 aliphatic carbocycles. The quantitative estimate of drug-likeness (QED) is 0.291. The highest BCUT2D eigenvalue weighted by Crippen LogP contribution is 2.48. The van der Waals surface area contributed by atoms with Crippen LogP contribution in [-0.4, -0.2) is 5.78 Å². The Kier molecular flexibility index (Phi) is 4.10. The second kappa shape index (κ2) is 6.41. The molecule has 0 spiro atoms. The Morgan fingerprint density at radius 3 is 2.40 bits per heavy atom. The molecule has 0 amide bonds. The van der Waals surface area contributed by atoms with E-state index in [1.807, 2.05) is 43.3 Å². The molecular formula is C22H18FOS+. The standard InChI is InChI=1S/C22H18FOS/c1-2-5-20(24)15-8-13-22-19(14-15)18-6-3-4-7-21(18)25(22)17-11-9-16(23)10-12-17/h3-4,6-14H,2,5H2,1H3/q+1. The van der Waals surface area contributed by atoms with Crippen molar-refractivity contribution in [1.29, 1.82) is 0 Å². The number of Topliss-reactive ketones (excluding diaryl/α,β-unsaturated/α-hetero) is 1. The van der Waals surface area contributed by atoms with Crippen molar-refractivity contribution in [2.75, 3.05) is 0 Å². The third-order valence-electron chi connectivity index (χ3n) is 4.45. The van der Waals surface area contributed by atoms with Crippen LogP contribution in [0.2, 0.25) is 0 Å². The number of fused-ring (bicyclic) bond motifs is 3. The van der Waals surface area contributed by atoms with Gasteiger partial charge in [0.2, 0.25) is 0 Å². The summed E-state index contributed by atoms with van der Waals surface area (Å²) in [5.74, 6) is -0.0306. The third kappa shape index (κ3) is 2.75. The highest BCUT2D eigenvalue weighted by molar-refractivity contribution is 7.50. The van der Waals surface area contributed by atoms with Crippen molar-refractivity contribution in [2.24, 2.45) is 0 Å². The summed E-state index contributed by atoms with van der Waals surface area (Å²) in [4.78, 5) is 13.4. The minimum Gasteiger partial charge on any atom is -0.294 e. The van der Waals surface area contributed by atoms with Crippen LogP contribution in [0, 0.1) is 5.82 Å². The smallest absolute Gasteiger partial charge is 0.187 e. The van der Waals surface area contributed by atoms with E-state index in [4.69, 9.17) is 0 Å². The number of carbonyl (C=O) groups excluding carboxylic acids is 1. The van der Waals surface area contributed by atoms with E-state index in [2.05, 4.69) is 18.2 Å². The normalized spacial score (nSPS) is 12.0. The Labute approximate surface area is 148 Å². The first kappa shape index (κ1) is 16.0. The fourth-order valence-electron chi connectivity index (χ4n) is 3.27. The number of hydrogen-bond acceptors (Lipinski definition) is 1. The van der Waals surface area contributed by atoms with Gasteiger partial charge in [0.05, 0.1) is 0 Å². The molecule has 1 aromatic heterocycles. The number of halogens is 1. The van der Waals surface area contributed by atoms with Crippen LogP contribution in [-0.2, 0) is 0 Å². The summed E-state index contributed by atoms with van der Waals surface area (Å²) < 4.78 is 15.8. The van der Waals surface area contributed by atoms with Gasteiger partial charge in [0, 0.05) is 45.4 Å². The molecule has 0 saturated heterocycles. The molecule has 3 aromatic carbocycles. The average molecular weight is 349 g/mol. The Balaban J connectivity index is 2.01. The summed E-state index contributed by atoms with van der Waals surface area (Å²) in [6, 6.07) is 21.1. The molecular weight excluding hydrogens is 331 g/mol. The third-order valence-corrected chi connectivity index (χ3v) is 6.78. The van der Waals surface area contributed by atoms with E-state index in [1.54, 1.807) is 0 Å². The summed E-state index contributed by atoms with van der Waals surface area (Å²) >= 11 is 0. The Morgan fingerprint density at radius 2 is 1.64 bits per heavy atom. The zero-order valence-corrected chi connectivity index (χ0v) is 14.8. The van der Waals surface area contributed by atoms with Crippen molar-refractivity contribution >= 4 is 36.4 Å². The molecule has 0 radical (unpaired) electrons. The first-order valence-electron chi connectivity index (χ1n) is 8.45. The van der Waals surface area contributed by atoms with Crippen molar-refractivity contribution in [2.45, 2.75) is 19.8 Å². The van der Waals surface area contributed by atoms with Crippen LogP contribution < -0.4 is 0 Å². The van der Waals surface area contributed by atoms with Crippen LogP contribution >= 0.6 is 10.5 Å². The molecule has 1 unspecified atom stereocenters. The molecule has 0 aliphatic heterocycles. The lowest BCUT2D eigenvalue weighted by Crippen LogP contribution is -1.97. The molecule has 3 heteroatoms. The van der Waals surface area contributed by atoms with Gasteiger partial charge in [-0.2, -0.15) is 0 Å². The van der Waals surface area contributed by atoms with Gasteiger partial charge in [0.25, 0.3) is 0 Å². The number of benzene rings is 3. The Bertz CT molecular complexity index is 1080. The van der Waals surface area contributed by atoms with Crippen LogP contribution in [0.15, 0.2) is 66.7 Å². The fourth-order valence-corrected chi connectivity index (χ4v) is 5.63. The van der Waals surface area contributed by atoms with E-state index in [1.165, 1.54) is 26.9 Å². The summed E-state index contributed by atoms with van der Waals surface area (Å²) in [7, 11) is -0.252. The zero-order chi connectivity index (χ0) is 17.4. The highest BCUT2D eigenvalue weighted by Gasteiger charge is 2.24. The lowest BCUT2D eigenvalue weighted by Gasteiger charge is -1.98. The van der Waals surface area contributed by atoms with Gasteiger partial charge in [-0.1, -0.05) is 19.1 Å². The van der Waals surface area contributed by atoms with Gasteiger partial charge < -0.3 is 0 Å². The first-order valence-corrected chi connectivity index (χ1v) is 9.68. The van der Waals surface area contributed by atoms with Gasteiger partial charge in [-0.25, -0.2) is 4.39 Å². The lowest BCUT2D eigenvalue weighted by molar-refractivity contribution is 0.0982. The molecule has 0 aliphatic rings. The molecule has 25 heavy (non-hydrogen) atoms. The zero-order valence-electron chi connectivity index (χ0n) is 14.0. The molecule has 0 bridgehead atoms. The van der Waals surface area contributed by atoms with Gasteiger partial charge >= 0.3 is 0 Å². The van der Waals surface area contributed by atoms with Gasteiger partial charge in [0.15, 0.2) is 20.1 Å². The van der Waals surface area contributed by atoms with Crippen molar-refractivity contribution in [3.8, 4) is 4.90 Å². The van der Waals surface area contributed by atoms with Gasteiger partial charge in [-0.3, -0.25) is 4.79 Å². The van der Waals surface area contributed by atoms with E-state index >= 15 is 0 Å². The molecule has 4 aromatic rings. The largest absolute Gasteiger partial charge is 0.294 e. The fraction of sp³-hybridized carbons (Fsp3) is 0.136. The average Bonchev–Trinajstić information content (AvgIpc) is 2.96. The van der Waals surface area contributed by atoms with Gasteiger partial charge in [-0.15, -0.1) is 0 Å². The highest BCUT2D eigenvalue weighted by atomic mass is 32.2. The lowest BCUT2D eigenvalue weighted by atomic mass is 10.0. The van der Waals surface area contributed by atoms with E-state index in [-0.39, 0.29) is 22.1 Å². The van der Waals surface area contributed by atoms with Crippen molar-refractivity contribution in [3.05, 3.63) is 78.1 Å². The molecule has 1 atom stereocenters. The maximum Gasteiger partial charge on any atom is 0.187 e. The van der Waals surface area contributed by atoms with Crippen LogP contribution in [0.3, 0.4) is 0 Å². The van der Waals surface area contributed by atoms with Crippen LogP contribution in [0.4, 0.5) is 4.39 Å². The number of rotatable bonds is 4. The maximum atomic E-state index is 13.3. The SMILES string of the molecule is CCCC(=O)c1ccc2c(c1)c1ccccc1[s+]2-c1ccc(F)cc1. The first-order chi connectivity index (χ1) is 12.2. The van der Waals surface area contributed by atoms with Gasteiger partial charge in [-0.05, 0) is 48.9 Å². The Hall–Kier alpha value is -2.52. The topological polar surface area (TPSA) is 17.1 Å². The molecule has 4 rings (SSSR count). The molecule has 1 heterocycles. The van der Waals surface area contributed by atoms with Crippen molar-refractivity contribution in [1.82, 2.24) is 0 Å². The molecule has 0 fully saturated rings. The number of thiophene rings is 1. The van der Waals surface area contributed by atoms with Crippen molar-refractivity contribution in [3.63, 3.8) is 0 Å². The van der Waals surface area contributed by atoms with Gasteiger partial charge in [0.1, 0.15) is 5.82 Å². The minimum absolute atomic E-state index is 0.191. The van der Waals surface area contributed by atoms with E-state index < -0.39 is 0 Å². The predicted octanol–water partition coefficient (Wildman–Crippen LogP) is 6.85. The molecule has 0 N–H and O–H groups in total. The molecule has 1 nitrogen and oxygen atoms in total. The van der Waals surface area contributed by atoms with E-state index in [9.17, 15) is 9.18 Å². The number of carbonyl (C=O) groups is 1. The summed E-state index contributed by atoms with van der Waals surface area (Å²) in [5.41, 5.74) is 0.778. The molecule has 124 valence electrons. The maximum absolute atomic E-state index is 13.3. The summed E-state index contributed by atoms with van der Waals surface area (Å²) in [6.45, 7) is 2.02. The second-order valence-corrected chi connectivity index (χ2v) is 8.10. The van der Waals surface area contributed by atoms with Crippen LogP contribution in [0.5, 0.6) is 0 Å². The van der Waals surface area contributed by atoms with Crippen molar-refractivity contribution < 1.29 is 9.18 Å². The Morgan fingerprint density at radius 1 is 0.920 bits per heavy atom.